The van der Waals surface area contributed by atoms with Crippen molar-refractivity contribution in [3.63, 3.8) is 0 Å². The normalized spacial score (nSPS) is 11.7. The summed E-state index contributed by atoms with van der Waals surface area (Å²) in [7, 11) is 0. The summed E-state index contributed by atoms with van der Waals surface area (Å²) in [5.41, 5.74) is -0.890. The molecule has 0 saturated heterocycles. The average molecular weight is 435 g/mol. The molecule has 0 radical (unpaired) electrons. The van der Waals surface area contributed by atoms with Gasteiger partial charge in [-0.05, 0) is 25.7 Å². The number of ether oxygens (including phenoxy) is 2. The van der Waals surface area contributed by atoms with Gasteiger partial charge in [-0.25, -0.2) is 0 Å². The number of aliphatic hydroxyl groups is 2. The van der Waals surface area contributed by atoms with E-state index in [1.807, 2.05) is 0 Å². The van der Waals surface area contributed by atoms with E-state index in [1.165, 1.54) is 0 Å². The van der Waals surface area contributed by atoms with Crippen LogP contribution in [0.5, 0.6) is 0 Å². The Balaban J connectivity index is 4.10. The molecule has 0 aliphatic rings. The van der Waals surface area contributed by atoms with Gasteiger partial charge in [0.1, 0.15) is 0 Å². The molecule has 0 spiro atoms. The standard InChI is InChI=1S/C22H42O8/c23-15-16-29-17-18-30-19-22(28,13-9-5-1-3-7-11-20(24)25)14-10-6-2-4-8-12-21(26)27/h23,28H,1-19H2,(H,24,25)(H,26,27). The number of carboxylic acid groups (broad SMARTS) is 2. The Kier molecular flexibility index (Phi) is 18.9. The molecule has 0 bridgehead atoms. The van der Waals surface area contributed by atoms with Crippen LogP contribution in [0.3, 0.4) is 0 Å². The Bertz CT molecular complexity index is 399. The van der Waals surface area contributed by atoms with Gasteiger partial charge in [0.2, 0.25) is 0 Å². The van der Waals surface area contributed by atoms with Crippen LogP contribution in [-0.2, 0) is 19.1 Å². The van der Waals surface area contributed by atoms with Gasteiger partial charge in [0.05, 0.1) is 38.6 Å². The molecule has 0 aliphatic heterocycles. The van der Waals surface area contributed by atoms with E-state index in [0.717, 1.165) is 51.4 Å². The summed E-state index contributed by atoms with van der Waals surface area (Å²) in [5, 5.41) is 37.0. The van der Waals surface area contributed by atoms with Crippen LogP contribution in [0.2, 0.25) is 0 Å². The summed E-state index contributed by atoms with van der Waals surface area (Å²) in [6.45, 7) is 1.24. The Hall–Kier alpha value is -1.22. The summed E-state index contributed by atoms with van der Waals surface area (Å²) in [5.74, 6) is -1.51. The van der Waals surface area contributed by atoms with Gasteiger partial charge in [-0.3, -0.25) is 9.59 Å². The van der Waals surface area contributed by atoms with Crippen molar-refractivity contribution in [1.82, 2.24) is 0 Å². The van der Waals surface area contributed by atoms with E-state index in [0.29, 0.717) is 38.9 Å². The number of aliphatic hydroxyl groups excluding tert-OH is 1. The van der Waals surface area contributed by atoms with Crippen molar-refractivity contribution in [2.24, 2.45) is 0 Å². The lowest BCUT2D eigenvalue weighted by molar-refractivity contribution is -0.138. The minimum atomic E-state index is -0.890. The molecule has 0 aliphatic carbocycles. The highest BCUT2D eigenvalue weighted by molar-refractivity contribution is 5.66. The Labute approximate surface area is 180 Å². The van der Waals surface area contributed by atoms with Crippen LogP contribution in [0.1, 0.15) is 89.9 Å². The molecule has 0 aromatic heterocycles. The Morgan fingerprint density at radius 1 is 0.633 bits per heavy atom. The van der Waals surface area contributed by atoms with Crippen molar-refractivity contribution in [3.8, 4) is 0 Å². The minimum Gasteiger partial charge on any atom is -0.481 e. The van der Waals surface area contributed by atoms with Crippen LogP contribution < -0.4 is 0 Å². The lowest BCUT2D eigenvalue weighted by atomic mass is 9.90. The molecule has 178 valence electrons. The maximum atomic E-state index is 11.0. The van der Waals surface area contributed by atoms with Gasteiger partial charge in [-0.15, -0.1) is 0 Å². The summed E-state index contributed by atoms with van der Waals surface area (Å²) >= 11 is 0. The second-order valence-electron chi connectivity index (χ2n) is 7.94. The maximum Gasteiger partial charge on any atom is 0.303 e. The van der Waals surface area contributed by atoms with Crippen LogP contribution in [0.25, 0.3) is 0 Å². The highest BCUT2D eigenvalue weighted by Gasteiger charge is 2.26. The molecular formula is C22H42O8. The van der Waals surface area contributed by atoms with Gasteiger partial charge in [-0.2, -0.15) is 0 Å². The monoisotopic (exact) mass is 434 g/mol. The van der Waals surface area contributed by atoms with Crippen LogP contribution >= 0.6 is 0 Å². The molecule has 0 aromatic carbocycles. The second-order valence-corrected chi connectivity index (χ2v) is 7.94. The first-order valence-corrected chi connectivity index (χ1v) is 11.3. The third-order valence-corrected chi connectivity index (χ3v) is 5.04. The Morgan fingerprint density at radius 2 is 1.07 bits per heavy atom. The average Bonchev–Trinajstić information content (AvgIpc) is 2.69. The number of hydrogen-bond donors (Lipinski definition) is 4. The largest absolute Gasteiger partial charge is 0.481 e. The molecule has 0 saturated carbocycles. The fraction of sp³-hybridized carbons (Fsp3) is 0.909. The zero-order valence-electron chi connectivity index (χ0n) is 18.4. The molecule has 8 heteroatoms. The number of rotatable bonds is 23. The summed E-state index contributed by atoms with van der Waals surface area (Å²) in [4.78, 5) is 21.0. The van der Waals surface area contributed by atoms with E-state index in [9.17, 15) is 14.7 Å². The van der Waals surface area contributed by atoms with Gasteiger partial charge in [0.15, 0.2) is 0 Å². The zero-order chi connectivity index (χ0) is 22.5. The molecular weight excluding hydrogens is 392 g/mol. The van der Waals surface area contributed by atoms with E-state index in [1.54, 1.807) is 0 Å². The van der Waals surface area contributed by atoms with Crippen molar-refractivity contribution in [2.75, 3.05) is 33.0 Å². The van der Waals surface area contributed by atoms with E-state index in [4.69, 9.17) is 24.8 Å². The van der Waals surface area contributed by atoms with Crippen LogP contribution in [0.4, 0.5) is 0 Å². The number of carboxylic acids is 2. The lowest BCUT2D eigenvalue weighted by Gasteiger charge is -2.28. The molecule has 0 atom stereocenters. The van der Waals surface area contributed by atoms with Gasteiger partial charge in [-0.1, -0.05) is 51.4 Å². The zero-order valence-corrected chi connectivity index (χ0v) is 18.4. The van der Waals surface area contributed by atoms with Crippen molar-refractivity contribution < 1.29 is 39.5 Å². The Morgan fingerprint density at radius 3 is 1.53 bits per heavy atom. The third-order valence-electron chi connectivity index (χ3n) is 5.04. The fourth-order valence-electron chi connectivity index (χ4n) is 3.34. The first-order valence-electron chi connectivity index (χ1n) is 11.3. The predicted octanol–water partition coefficient (Wildman–Crippen LogP) is 3.37. The van der Waals surface area contributed by atoms with Gasteiger partial charge in [0.25, 0.3) is 0 Å². The number of carbonyl (C=O) groups is 2. The van der Waals surface area contributed by atoms with Crippen molar-refractivity contribution in [3.05, 3.63) is 0 Å². The maximum absolute atomic E-state index is 11.0. The first-order chi connectivity index (χ1) is 14.4. The summed E-state index contributed by atoms with van der Waals surface area (Å²) in [6, 6.07) is 0. The molecule has 0 heterocycles. The number of hydrogen-bond acceptors (Lipinski definition) is 6. The second kappa shape index (κ2) is 19.7. The lowest BCUT2D eigenvalue weighted by Crippen LogP contribution is -2.35. The molecule has 0 aromatic rings. The molecule has 0 fully saturated rings. The van der Waals surface area contributed by atoms with Crippen LogP contribution in [-0.4, -0.2) is 71.0 Å². The van der Waals surface area contributed by atoms with Crippen molar-refractivity contribution in [2.45, 2.75) is 95.5 Å². The van der Waals surface area contributed by atoms with Crippen molar-refractivity contribution >= 4 is 11.9 Å². The molecule has 0 unspecified atom stereocenters. The third kappa shape index (κ3) is 20.1. The topological polar surface area (TPSA) is 134 Å². The highest BCUT2D eigenvalue weighted by atomic mass is 16.5. The molecule has 8 nitrogen and oxygen atoms in total. The predicted molar refractivity (Wildman–Crippen MR) is 114 cm³/mol. The van der Waals surface area contributed by atoms with Crippen LogP contribution in [0.15, 0.2) is 0 Å². The summed E-state index contributed by atoms with van der Waals surface area (Å²) in [6.07, 6.45) is 10.4. The minimum absolute atomic E-state index is 0.0249. The van der Waals surface area contributed by atoms with Gasteiger partial charge >= 0.3 is 11.9 Å². The van der Waals surface area contributed by atoms with E-state index in [-0.39, 0.29) is 32.7 Å². The number of aliphatic carboxylic acids is 2. The van der Waals surface area contributed by atoms with Gasteiger partial charge < -0.3 is 29.9 Å². The number of unbranched alkanes of at least 4 members (excludes halogenated alkanes) is 8. The smallest absolute Gasteiger partial charge is 0.303 e. The molecule has 0 rings (SSSR count). The van der Waals surface area contributed by atoms with Crippen molar-refractivity contribution in [1.29, 1.82) is 0 Å². The summed E-state index contributed by atoms with van der Waals surface area (Å²) < 4.78 is 10.8. The highest BCUT2D eigenvalue weighted by Crippen LogP contribution is 2.24. The molecule has 4 N–H and O–H groups in total. The van der Waals surface area contributed by atoms with Crippen LogP contribution in [0, 0.1) is 0 Å². The quantitative estimate of drug-likeness (QED) is 0.180. The van der Waals surface area contributed by atoms with E-state index in [2.05, 4.69) is 0 Å². The first kappa shape index (κ1) is 28.8. The molecule has 30 heavy (non-hydrogen) atoms. The van der Waals surface area contributed by atoms with E-state index >= 15 is 0 Å². The van der Waals surface area contributed by atoms with E-state index < -0.39 is 17.5 Å². The SMILES string of the molecule is O=C(O)CCCCCCCC(O)(CCCCCCCC(=O)O)COCCOCCO. The van der Waals surface area contributed by atoms with Gasteiger partial charge in [0, 0.05) is 12.8 Å². The molecule has 0 amide bonds. The fourth-order valence-corrected chi connectivity index (χ4v) is 3.34.